The maximum Gasteiger partial charge on any atom is 0.255 e. The van der Waals surface area contributed by atoms with Crippen molar-refractivity contribution in [3.63, 3.8) is 0 Å². The molecule has 0 bridgehead atoms. The van der Waals surface area contributed by atoms with Crippen molar-refractivity contribution in [1.82, 2.24) is 0 Å². The Morgan fingerprint density at radius 1 is 0.862 bits per heavy atom. The van der Waals surface area contributed by atoms with Crippen LogP contribution < -0.4 is 29.6 Å². The minimum atomic E-state index is -0.224. The summed E-state index contributed by atoms with van der Waals surface area (Å²) in [6.07, 6.45) is 0. The number of carbonyl (C=O) groups excluding carboxylic acids is 1. The van der Waals surface area contributed by atoms with Gasteiger partial charge in [0.25, 0.3) is 5.91 Å². The summed E-state index contributed by atoms with van der Waals surface area (Å²) in [5, 5.41) is 6.16. The van der Waals surface area contributed by atoms with E-state index in [2.05, 4.69) is 10.6 Å². The van der Waals surface area contributed by atoms with Crippen LogP contribution in [0.4, 0.5) is 17.1 Å². The van der Waals surface area contributed by atoms with E-state index in [0.29, 0.717) is 28.5 Å². The number of amides is 1. The molecule has 1 amide bonds. The van der Waals surface area contributed by atoms with Crippen molar-refractivity contribution < 1.29 is 23.7 Å². The van der Waals surface area contributed by atoms with E-state index in [4.69, 9.17) is 18.9 Å². The lowest BCUT2D eigenvalue weighted by Crippen LogP contribution is -2.11. The molecule has 0 saturated heterocycles. The topological polar surface area (TPSA) is 78.1 Å². The van der Waals surface area contributed by atoms with Gasteiger partial charge in [0.05, 0.1) is 19.9 Å². The first kappa shape index (κ1) is 18.5. The maximum absolute atomic E-state index is 12.5. The molecule has 4 rings (SSSR count). The molecule has 0 aromatic heterocycles. The molecule has 0 saturated carbocycles. The number of nitrogens with one attached hydrogen (secondary N) is 2. The second-order valence-corrected chi connectivity index (χ2v) is 6.29. The van der Waals surface area contributed by atoms with Crippen molar-refractivity contribution in [1.29, 1.82) is 0 Å². The van der Waals surface area contributed by atoms with Gasteiger partial charge in [-0.1, -0.05) is 0 Å². The molecule has 0 radical (unpaired) electrons. The molecule has 29 heavy (non-hydrogen) atoms. The number of fused-ring (bicyclic) bond motifs is 1. The monoisotopic (exact) mass is 392 g/mol. The van der Waals surface area contributed by atoms with Gasteiger partial charge in [-0.15, -0.1) is 0 Å². The molecule has 1 aliphatic heterocycles. The van der Waals surface area contributed by atoms with Gasteiger partial charge in [0.15, 0.2) is 11.5 Å². The van der Waals surface area contributed by atoms with Gasteiger partial charge in [-0.25, -0.2) is 0 Å². The molecule has 0 spiro atoms. The molecule has 0 unspecified atom stereocenters. The van der Waals surface area contributed by atoms with E-state index >= 15 is 0 Å². The Bertz CT molecular complexity index is 1030. The largest absolute Gasteiger partial charge is 0.497 e. The van der Waals surface area contributed by atoms with E-state index in [1.165, 1.54) is 0 Å². The summed E-state index contributed by atoms with van der Waals surface area (Å²) in [5.74, 6) is 2.42. The lowest BCUT2D eigenvalue weighted by atomic mass is 10.2. The third-order valence-electron chi connectivity index (χ3n) is 4.46. The maximum atomic E-state index is 12.5. The van der Waals surface area contributed by atoms with Gasteiger partial charge in [-0.3, -0.25) is 4.79 Å². The second kappa shape index (κ2) is 8.02. The van der Waals surface area contributed by atoms with Crippen molar-refractivity contribution in [3.05, 3.63) is 66.2 Å². The third-order valence-corrected chi connectivity index (χ3v) is 4.46. The Balaban J connectivity index is 1.45. The standard InChI is InChI=1S/C22H20N2O5/c1-26-17-8-10-19(27-2)18(12-17)23-15-4-6-16(7-5-15)24-22(25)14-3-9-20-21(11-14)29-13-28-20/h3-12,23H,13H2,1-2H3,(H,24,25). The Hall–Kier alpha value is -3.87. The lowest BCUT2D eigenvalue weighted by Gasteiger charge is -2.13. The second-order valence-electron chi connectivity index (χ2n) is 6.29. The Kier molecular flexibility index (Phi) is 5.11. The van der Waals surface area contributed by atoms with Crippen LogP contribution in [0.3, 0.4) is 0 Å². The molecule has 3 aromatic carbocycles. The minimum Gasteiger partial charge on any atom is -0.497 e. The highest BCUT2D eigenvalue weighted by molar-refractivity contribution is 6.04. The molecule has 2 N–H and O–H groups in total. The third kappa shape index (κ3) is 4.03. The van der Waals surface area contributed by atoms with Crippen LogP contribution in [0.1, 0.15) is 10.4 Å². The summed E-state index contributed by atoms with van der Waals surface area (Å²) in [6.45, 7) is 0.174. The van der Waals surface area contributed by atoms with Crippen LogP contribution in [0.15, 0.2) is 60.7 Å². The number of methoxy groups -OCH3 is 2. The van der Waals surface area contributed by atoms with E-state index in [1.807, 2.05) is 42.5 Å². The number of hydrogen-bond acceptors (Lipinski definition) is 6. The Labute approximate surface area is 168 Å². The highest BCUT2D eigenvalue weighted by atomic mass is 16.7. The van der Waals surface area contributed by atoms with Gasteiger partial charge < -0.3 is 29.6 Å². The summed E-state index contributed by atoms with van der Waals surface area (Å²) >= 11 is 0. The zero-order valence-corrected chi connectivity index (χ0v) is 16.0. The fourth-order valence-electron chi connectivity index (χ4n) is 2.95. The van der Waals surface area contributed by atoms with Crippen LogP contribution in [0, 0.1) is 0 Å². The first-order valence-electron chi connectivity index (χ1n) is 8.96. The summed E-state index contributed by atoms with van der Waals surface area (Å²) in [4.78, 5) is 12.5. The number of hydrogen-bond donors (Lipinski definition) is 2. The van der Waals surface area contributed by atoms with Crippen molar-refractivity contribution in [2.45, 2.75) is 0 Å². The molecule has 1 aliphatic rings. The predicted molar refractivity (Wildman–Crippen MR) is 110 cm³/mol. The fourth-order valence-corrected chi connectivity index (χ4v) is 2.95. The van der Waals surface area contributed by atoms with Crippen molar-refractivity contribution >= 4 is 23.0 Å². The van der Waals surface area contributed by atoms with Crippen LogP contribution in [0.2, 0.25) is 0 Å². The normalized spacial score (nSPS) is 11.7. The first-order valence-corrected chi connectivity index (χ1v) is 8.96. The number of rotatable bonds is 6. The van der Waals surface area contributed by atoms with Crippen LogP contribution in [0.25, 0.3) is 0 Å². The molecule has 0 aliphatic carbocycles. The van der Waals surface area contributed by atoms with Crippen molar-refractivity contribution in [3.8, 4) is 23.0 Å². The smallest absolute Gasteiger partial charge is 0.255 e. The number of benzene rings is 3. The molecule has 1 heterocycles. The SMILES string of the molecule is COc1ccc(OC)c(Nc2ccc(NC(=O)c3ccc4c(c3)OCO4)cc2)c1. The minimum absolute atomic E-state index is 0.174. The molecule has 0 atom stereocenters. The predicted octanol–water partition coefficient (Wildman–Crippen LogP) is 4.43. The number of ether oxygens (including phenoxy) is 4. The van der Waals surface area contributed by atoms with Crippen molar-refractivity contribution in [2.24, 2.45) is 0 Å². The summed E-state index contributed by atoms with van der Waals surface area (Å²) < 4.78 is 21.2. The molecule has 3 aromatic rings. The Morgan fingerprint density at radius 2 is 1.62 bits per heavy atom. The van der Waals surface area contributed by atoms with Gasteiger partial charge in [0.2, 0.25) is 6.79 Å². The van der Waals surface area contributed by atoms with Gasteiger partial charge in [-0.2, -0.15) is 0 Å². The van der Waals surface area contributed by atoms with Crippen LogP contribution in [-0.4, -0.2) is 26.9 Å². The van der Waals surface area contributed by atoms with E-state index < -0.39 is 0 Å². The fraction of sp³-hybridized carbons (Fsp3) is 0.136. The van der Waals surface area contributed by atoms with Crippen LogP contribution in [-0.2, 0) is 0 Å². The highest BCUT2D eigenvalue weighted by Gasteiger charge is 2.16. The molecule has 148 valence electrons. The van der Waals surface area contributed by atoms with Crippen LogP contribution in [0.5, 0.6) is 23.0 Å². The highest BCUT2D eigenvalue weighted by Crippen LogP contribution is 2.33. The van der Waals surface area contributed by atoms with Gasteiger partial charge in [0.1, 0.15) is 11.5 Å². The van der Waals surface area contributed by atoms with Gasteiger partial charge >= 0.3 is 0 Å². The average molecular weight is 392 g/mol. The molecule has 7 nitrogen and oxygen atoms in total. The zero-order valence-electron chi connectivity index (χ0n) is 16.0. The van der Waals surface area contributed by atoms with Crippen LogP contribution >= 0.6 is 0 Å². The van der Waals surface area contributed by atoms with Gasteiger partial charge in [0, 0.05) is 23.0 Å². The molecule has 7 heteroatoms. The van der Waals surface area contributed by atoms with E-state index in [1.54, 1.807) is 32.4 Å². The quantitative estimate of drug-likeness (QED) is 0.646. The number of anilines is 3. The van der Waals surface area contributed by atoms with E-state index in [0.717, 1.165) is 17.1 Å². The van der Waals surface area contributed by atoms with E-state index in [-0.39, 0.29) is 12.7 Å². The van der Waals surface area contributed by atoms with Crippen molar-refractivity contribution in [2.75, 3.05) is 31.6 Å². The first-order chi connectivity index (χ1) is 14.2. The molecule has 0 fully saturated rings. The average Bonchev–Trinajstić information content (AvgIpc) is 3.23. The molecular weight excluding hydrogens is 372 g/mol. The van der Waals surface area contributed by atoms with E-state index in [9.17, 15) is 4.79 Å². The Morgan fingerprint density at radius 3 is 2.38 bits per heavy atom. The van der Waals surface area contributed by atoms with Gasteiger partial charge in [-0.05, 0) is 54.6 Å². The summed E-state index contributed by atoms with van der Waals surface area (Å²) in [7, 11) is 3.23. The summed E-state index contributed by atoms with van der Waals surface area (Å²) in [5.41, 5.74) is 2.80. The zero-order chi connectivity index (χ0) is 20.2. The molecular formula is C22H20N2O5. The lowest BCUT2D eigenvalue weighted by molar-refractivity contribution is 0.102. The summed E-state index contributed by atoms with van der Waals surface area (Å²) in [6, 6.07) is 18.0. The number of carbonyl (C=O) groups is 1.